The fourth-order valence-electron chi connectivity index (χ4n) is 3.01. The Kier molecular flexibility index (Phi) is 3.55. The third-order valence-electron chi connectivity index (χ3n) is 4.16. The fraction of sp³-hybridized carbons (Fsp3) is 0.600. The zero-order valence-corrected chi connectivity index (χ0v) is 11.2. The molecule has 2 heteroatoms. The molecule has 1 aromatic carbocycles. The second-order valence-corrected chi connectivity index (χ2v) is 5.42. The average molecular weight is 233 g/mol. The van der Waals surface area contributed by atoms with Crippen molar-refractivity contribution in [1.29, 1.82) is 0 Å². The van der Waals surface area contributed by atoms with Crippen LogP contribution >= 0.6 is 0 Å². The van der Waals surface area contributed by atoms with E-state index in [1.54, 1.807) is 0 Å². The minimum atomic E-state index is 0.0739. The Morgan fingerprint density at radius 3 is 2.41 bits per heavy atom. The van der Waals surface area contributed by atoms with Crippen LogP contribution in [-0.4, -0.2) is 12.2 Å². The van der Waals surface area contributed by atoms with Crippen LogP contribution in [0.3, 0.4) is 0 Å². The number of nitrogens with two attached hydrogens (primary N) is 1. The van der Waals surface area contributed by atoms with Crippen LogP contribution in [0.1, 0.15) is 37.9 Å². The maximum absolute atomic E-state index is 6.43. The Morgan fingerprint density at radius 1 is 1.18 bits per heavy atom. The lowest BCUT2D eigenvalue weighted by Gasteiger charge is -2.26. The first-order valence-electron chi connectivity index (χ1n) is 6.48. The molecule has 1 fully saturated rings. The summed E-state index contributed by atoms with van der Waals surface area (Å²) in [5, 5.41) is 0. The molecule has 5 unspecified atom stereocenters. The smallest absolute Gasteiger partial charge is 0.0600 e. The first-order valence-corrected chi connectivity index (χ1v) is 6.48. The van der Waals surface area contributed by atoms with Crippen molar-refractivity contribution in [2.24, 2.45) is 17.6 Å². The van der Waals surface area contributed by atoms with Gasteiger partial charge in [-0.25, -0.2) is 0 Å². The van der Waals surface area contributed by atoms with Gasteiger partial charge in [0.05, 0.1) is 12.2 Å². The summed E-state index contributed by atoms with van der Waals surface area (Å²) >= 11 is 0. The van der Waals surface area contributed by atoms with Crippen molar-refractivity contribution in [3.63, 3.8) is 0 Å². The van der Waals surface area contributed by atoms with Crippen LogP contribution in [0.4, 0.5) is 0 Å². The summed E-state index contributed by atoms with van der Waals surface area (Å²) < 4.78 is 5.88. The van der Waals surface area contributed by atoms with Crippen LogP contribution in [0.2, 0.25) is 0 Å². The summed E-state index contributed by atoms with van der Waals surface area (Å²) in [5.74, 6) is 0.923. The van der Waals surface area contributed by atoms with E-state index in [2.05, 4.69) is 52.0 Å². The van der Waals surface area contributed by atoms with Gasteiger partial charge in [0.1, 0.15) is 0 Å². The summed E-state index contributed by atoms with van der Waals surface area (Å²) in [4.78, 5) is 0. The van der Waals surface area contributed by atoms with E-state index in [-0.39, 0.29) is 12.1 Å². The first kappa shape index (κ1) is 12.6. The van der Waals surface area contributed by atoms with Gasteiger partial charge in [0.2, 0.25) is 0 Å². The van der Waals surface area contributed by atoms with E-state index in [0.29, 0.717) is 17.9 Å². The van der Waals surface area contributed by atoms with Crippen molar-refractivity contribution in [3.8, 4) is 0 Å². The van der Waals surface area contributed by atoms with Gasteiger partial charge in [-0.2, -0.15) is 0 Å². The SMILES string of the molecule is Cc1cccc(C(N)C2C(C)OC(C)C2C)c1. The van der Waals surface area contributed by atoms with Crippen molar-refractivity contribution in [2.45, 2.75) is 45.9 Å². The standard InChI is InChI=1S/C15H23NO/c1-9-6-5-7-13(8-9)15(16)14-10(2)11(3)17-12(14)4/h5-8,10-12,14-15H,16H2,1-4H3. The second kappa shape index (κ2) is 4.79. The minimum absolute atomic E-state index is 0.0739. The Morgan fingerprint density at radius 2 is 1.88 bits per heavy atom. The number of benzene rings is 1. The van der Waals surface area contributed by atoms with Crippen LogP contribution in [0.25, 0.3) is 0 Å². The maximum atomic E-state index is 6.43. The quantitative estimate of drug-likeness (QED) is 0.852. The van der Waals surface area contributed by atoms with Crippen LogP contribution in [0.15, 0.2) is 24.3 Å². The van der Waals surface area contributed by atoms with E-state index >= 15 is 0 Å². The van der Waals surface area contributed by atoms with Crippen LogP contribution in [0.5, 0.6) is 0 Å². The number of ether oxygens (including phenoxy) is 1. The Labute approximate surface area is 104 Å². The molecule has 1 aliphatic heterocycles. The van der Waals surface area contributed by atoms with E-state index < -0.39 is 0 Å². The van der Waals surface area contributed by atoms with Crippen molar-refractivity contribution in [2.75, 3.05) is 0 Å². The molecule has 0 radical (unpaired) electrons. The zero-order valence-electron chi connectivity index (χ0n) is 11.2. The molecular weight excluding hydrogens is 210 g/mol. The third-order valence-corrected chi connectivity index (χ3v) is 4.16. The average Bonchev–Trinajstić information content (AvgIpc) is 2.52. The molecule has 0 spiro atoms. The molecule has 0 amide bonds. The van der Waals surface area contributed by atoms with Gasteiger partial charge in [-0.1, -0.05) is 36.8 Å². The fourth-order valence-corrected chi connectivity index (χ4v) is 3.01. The molecular formula is C15H23NO. The second-order valence-electron chi connectivity index (χ2n) is 5.42. The lowest BCUT2D eigenvalue weighted by atomic mass is 9.81. The van der Waals surface area contributed by atoms with E-state index in [0.717, 1.165) is 0 Å². The maximum Gasteiger partial charge on any atom is 0.0600 e. The van der Waals surface area contributed by atoms with Gasteiger partial charge in [-0.05, 0) is 32.3 Å². The van der Waals surface area contributed by atoms with Crippen LogP contribution < -0.4 is 5.73 Å². The highest BCUT2D eigenvalue weighted by Crippen LogP contribution is 2.39. The minimum Gasteiger partial charge on any atom is -0.375 e. The molecule has 5 atom stereocenters. The molecule has 1 saturated heterocycles. The van der Waals surface area contributed by atoms with Gasteiger partial charge in [-0.15, -0.1) is 0 Å². The van der Waals surface area contributed by atoms with Crippen molar-refractivity contribution < 1.29 is 4.74 Å². The summed E-state index contributed by atoms with van der Waals surface area (Å²) in [6, 6.07) is 8.58. The third kappa shape index (κ3) is 2.38. The normalized spacial score (nSPS) is 34.9. The first-order chi connectivity index (χ1) is 8.00. The van der Waals surface area contributed by atoms with Crippen molar-refractivity contribution in [1.82, 2.24) is 0 Å². The number of aryl methyl sites for hydroxylation is 1. The molecule has 0 aliphatic carbocycles. The lowest BCUT2D eigenvalue weighted by molar-refractivity contribution is 0.0489. The summed E-state index contributed by atoms with van der Waals surface area (Å²) in [6.45, 7) is 8.63. The van der Waals surface area contributed by atoms with Gasteiger partial charge >= 0.3 is 0 Å². The van der Waals surface area contributed by atoms with Gasteiger partial charge in [0.25, 0.3) is 0 Å². The summed E-state index contributed by atoms with van der Waals surface area (Å²) in [6.07, 6.45) is 0.557. The topological polar surface area (TPSA) is 35.2 Å². The van der Waals surface area contributed by atoms with Crippen molar-refractivity contribution >= 4 is 0 Å². The highest BCUT2D eigenvalue weighted by molar-refractivity contribution is 5.26. The number of hydrogen-bond acceptors (Lipinski definition) is 2. The Balaban J connectivity index is 2.22. The predicted octanol–water partition coefficient (Wildman–Crippen LogP) is 3.05. The molecule has 0 saturated carbocycles. The molecule has 1 aliphatic rings. The molecule has 17 heavy (non-hydrogen) atoms. The highest BCUT2D eigenvalue weighted by Gasteiger charge is 2.40. The Hall–Kier alpha value is -0.860. The molecule has 94 valence electrons. The monoisotopic (exact) mass is 233 g/mol. The van der Waals surface area contributed by atoms with Gasteiger partial charge in [0.15, 0.2) is 0 Å². The van der Waals surface area contributed by atoms with E-state index in [1.165, 1.54) is 11.1 Å². The molecule has 2 rings (SSSR count). The van der Waals surface area contributed by atoms with E-state index in [9.17, 15) is 0 Å². The largest absolute Gasteiger partial charge is 0.375 e. The van der Waals surface area contributed by atoms with Crippen LogP contribution in [0, 0.1) is 18.8 Å². The molecule has 0 bridgehead atoms. The predicted molar refractivity (Wildman–Crippen MR) is 70.8 cm³/mol. The van der Waals surface area contributed by atoms with Crippen LogP contribution in [-0.2, 0) is 4.74 Å². The zero-order chi connectivity index (χ0) is 12.6. The number of hydrogen-bond donors (Lipinski definition) is 1. The lowest BCUT2D eigenvalue weighted by Crippen LogP contribution is -2.30. The highest BCUT2D eigenvalue weighted by atomic mass is 16.5. The molecule has 0 aromatic heterocycles. The molecule has 2 N–H and O–H groups in total. The van der Waals surface area contributed by atoms with E-state index in [4.69, 9.17) is 10.5 Å². The number of rotatable bonds is 2. The van der Waals surface area contributed by atoms with Crippen molar-refractivity contribution in [3.05, 3.63) is 35.4 Å². The molecule has 2 nitrogen and oxygen atoms in total. The van der Waals surface area contributed by atoms with E-state index in [1.807, 2.05) is 0 Å². The van der Waals surface area contributed by atoms with Gasteiger partial charge in [-0.3, -0.25) is 0 Å². The van der Waals surface area contributed by atoms with Gasteiger partial charge < -0.3 is 10.5 Å². The Bertz CT molecular complexity index is 390. The molecule has 1 heterocycles. The summed E-state index contributed by atoms with van der Waals surface area (Å²) in [5.41, 5.74) is 8.93. The molecule has 1 aromatic rings. The van der Waals surface area contributed by atoms with Gasteiger partial charge in [0, 0.05) is 12.0 Å². The summed E-state index contributed by atoms with van der Waals surface area (Å²) in [7, 11) is 0.